The van der Waals surface area contributed by atoms with Crippen molar-refractivity contribution in [1.82, 2.24) is 24.4 Å². The molecule has 0 aliphatic heterocycles. The van der Waals surface area contributed by atoms with Crippen LogP contribution in [0.5, 0.6) is 0 Å². The lowest BCUT2D eigenvalue weighted by atomic mass is 10.2. The Bertz CT molecular complexity index is 801. The van der Waals surface area contributed by atoms with Crippen molar-refractivity contribution in [2.75, 3.05) is 14.1 Å². The summed E-state index contributed by atoms with van der Waals surface area (Å²) in [7, 11) is 3.63. The van der Waals surface area contributed by atoms with E-state index in [0.29, 0.717) is 22.7 Å². The first-order chi connectivity index (χ1) is 10.1. The SMILES string of the molecule is Cc1ccc(-n2cnc3c(C(=N)N(C)C)ncnc32)cc1. The fourth-order valence-corrected chi connectivity index (χ4v) is 2.11. The van der Waals surface area contributed by atoms with Crippen LogP contribution in [0.15, 0.2) is 36.9 Å². The van der Waals surface area contributed by atoms with Crippen LogP contribution in [-0.2, 0) is 0 Å². The minimum absolute atomic E-state index is 0.316. The first-order valence-corrected chi connectivity index (χ1v) is 6.59. The standard InChI is InChI=1S/C15H16N6/c1-10-4-6-11(7-5-10)21-9-19-13-12(14(16)20(2)3)17-8-18-15(13)21/h4-9,16H,1-3H3. The van der Waals surface area contributed by atoms with E-state index >= 15 is 0 Å². The summed E-state index contributed by atoms with van der Waals surface area (Å²) in [5.74, 6) is 0.316. The number of hydrogen-bond acceptors (Lipinski definition) is 4. The molecule has 1 N–H and O–H groups in total. The maximum absolute atomic E-state index is 8.09. The Morgan fingerprint density at radius 3 is 2.48 bits per heavy atom. The molecule has 21 heavy (non-hydrogen) atoms. The topological polar surface area (TPSA) is 70.7 Å². The fraction of sp³-hybridized carbons (Fsp3) is 0.200. The molecule has 0 aliphatic rings. The van der Waals surface area contributed by atoms with E-state index in [-0.39, 0.29) is 0 Å². The lowest BCUT2D eigenvalue weighted by Crippen LogP contribution is -2.23. The number of nitrogens with one attached hydrogen (secondary N) is 1. The Labute approximate surface area is 122 Å². The summed E-state index contributed by atoms with van der Waals surface area (Å²) in [5.41, 5.74) is 4.07. The van der Waals surface area contributed by atoms with E-state index in [1.165, 1.54) is 11.9 Å². The molecule has 1 aromatic carbocycles. The molecule has 0 aliphatic carbocycles. The first kappa shape index (κ1) is 13.2. The maximum Gasteiger partial charge on any atom is 0.168 e. The van der Waals surface area contributed by atoms with Crippen molar-refractivity contribution in [3.05, 3.63) is 48.2 Å². The van der Waals surface area contributed by atoms with E-state index < -0.39 is 0 Å². The van der Waals surface area contributed by atoms with Gasteiger partial charge < -0.3 is 4.90 Å². The minimum Gasteiger partial charge on any atom is -0.361 e. The van der Waals surface area contributed by atoms with Gasteiger partial charge in [0.1, 0.15) is 29.7 Å². The number of amidine groups is 1. The second-order valence-electron chi connectivity index (χ2n) is 5.09. The Morgan fingerprint density at radius 1 is 1.10 bits per heavy atom. The molecule has 3 rings (SSSR count). The number of rotatable bonds is 2. The van der Waals surface area contributed by atoms with E-state index in [2.05, 4.69) is 21.9 Å². The van der Waals surface area contributed by atoms with Gasteiger partial charge in [-0.3, -0.25) is 9.98 Å². The monoisotopic (exact) mass is 280 g/mol. The minimum atomic E-state index is 0.316. The third-order valence-corrected chi connectivity index (χ3v) is 3.32. The number of aryl methyl sites for hydroxylation is 1. The molecule has 2 aromatic heterocycles. The molecule has 0 spiro atoms. The molecule has 6 nitrogen and oxygen atoms in total. The van der Waals surface area contributed by atoms with Crippen LogP contribution in [0.2, 0.25) is 0 Å². The molecule has 2 heterocycles. The van der Waals surface area contributed by atoms with Gasteiger partial charge in [-0.25, -0.2) is 15.0 Å². The third-order valence-electron chi connectivity index (χ3n) is 3.32. The Morgan fingerprint density at radius 2 is 1.81 bits per heavy atom. The van der Waals surface area contributed by atoms with Gasteiger partial charge in [-0.2, -0.15) is 0 Å². The Balaban J connectivity index is 2.17. The highest BCUT2D eigenvalue weighted by Gasteiger charge is 2.15. The fourth-order valence-electron chi connectivity index (χ4n) is 2.11. The van der Waals surface area contributed by atoms with Crippen molar-refractivity contribution in [3.8, 4) is 5.69 Å². The van der Waals surface area contributed by atoms with E-state index in [9.17, 15) is 0 Å². The molecular formula is C15H16N6. The average Bonchev–Trinajstić information content (AvgIpc) is 2.91. The third kappa shape index (κ3) is 2.24. The molecule has 0 radical (unpaired) electrons. The van der Waals surface area contributed by atoms with Crippen molar-refractivity contribution in [3.63, 3.8) is 0 Å². The zero-order valence-electron chi connectivity index (χ0n) is 12.2. The number of imidazole rings is 1. The molecule has 0 saturated heterocycles. The quantitative estimate of drug-likeness (QED) is 0.576. The number of aromatic nitrogens is 4. The molecule has 6 heteroatoms. The van der Waals surface area contributed by atoms with Crippen LogP contribution >= 0.6 is 0 Å². The summed E-state index contributed by atoms with van der Waals surface area (Å²) in [6.45, 7) is 2.05. The van der Waals surface area contributed by atoms with Gasteiger partial charge in [0.15, 0.2) is 5.65 Å². The van der Waals surface area contributed by atoms with E-state index in [1.54, 1.807) is 11.2 Å². The average molecular weight is 280 g/mol. The van der Waals surface area contributed by atoms with Crippen LogP contribution in [0, 0.1) is 12.3 Å². The number of nitrogens with zero attached hydrogens (tertiary/aromatic N) is 5. The van der Waals surface area contributed by atoms with Crippen molar-refractivity contribution in [2.24, 2.45) is 0 Å². The summed E-state index contributed by atoms with van der Waals surface area (Å²) in [6, 6.07) is 8.14. The molecule has 0 saturated carbocycles. The molecule has 0 atom stereocenters. The van der Waals surface area contributed by atoms with E-state index in [4.69, 9.17) is 5.41 Å². The molecule has 0 fully saturated rings. The second-order valence-corrected chi connectivity index (χ2v) is 5.09. The molecule has 0 bridgehead atoms. The first-order valence-electron chi connectivity index (χ1n) is 6.59. The second kappa shape index (κ2) is 4.97. The highest BCUT2D eigenvalue weighted by Crippen LogP contribution is 2.18. The van der Waals surface area contributed by atoms with E-state index in [0.717, 1.165) is 5.69 Å². The van der Waals surface area contributed by atoms with Gasteiger partial charge in [-0.15, -0.1) is 0 Å². The molecule has 3 aromatic rings. The highest BCUT2D eigenvalue weighted by atomic mass is 15.2. The summed E-state index contributed by atoms with van der Waals surface area (Å²) in [6.07, 6.45) is 3.19. The van der Waals surface area contributed by atoms with Crippen LogP contribution in [0.4, 0.5) is 0 Å². The largest absolute Gasteiger partial charge is 0.361 e. The van der Waals surface area contributed by atoms with E-state index in [1.807, 2.05) is 42.9 Å². The van der Waals surface area contributed by atoms with Gasteiger partial charge in [-0.1, -0.05) is 17.7 Å². The number of hydrogen-bond donors (Lipinski definition) is 1. The van der Waals surface area contributed by atoms with Gasteiger partial charge in [0.2, 0.25) is 0 Å². The van der Waals surface area contributed by atoms with Crippen LogP contribution in [0.1, 0.15) is 11.3 Å². The zero-order valence-corrected chi connectivity index (χ0v) is 12.2. The van der Waals surface area contributed by atoms with Gasteiger partial charge in [0, 0.05) is 19.8 Å². The predicted octanol–water partition coefficient (Wildman–Crippen LogP) is 2.01. The van der Waals surface area contributed by atoms with Gasteiger partial charge >= 0.3 is 0 Å². The molecular weight excluding hydrogens is 264 g/mol. The predicted molar refractivity (Wildman–Crippen MR) is 81.9 cm³/mol. The molecule has 106 valence electrons. The zero-order chi connectivity index (χ0) is 15.0. The summed E-state index contributed by atoms with van der Waals surface area (Å²) in [5, 5.41) is 8.09. The Hall–Kier alpha value is -2.76. The van der Waals surface area contributed by atoms with Crippen molar-refractivity contribution in [2.45, 2.75) is 6.92 Å². The van der Waals surface area contributed by atoms with Crippen LogP contribution in [0.3, 0.4) is 0 Å². The lowest BCUT2D eigenvalue weighted by molar-refractivity contribution is 0.617. The molecule has 0 amide bonds. The number of benzene rings is 1. The summed E-state index contributed by atoms with van der Waals surface area (Å²) < 4.78 is 1.91. The summed E-state index contributed by atoms with van der Waals surface area (Å²) in [4.78, 5) is 14.6. The molecule has 0 unspecified atom stereocenters. The van der Waals surface area contributed by atoms with Gasteiger partial charge in [0.25, 0.3) is 0 Å². The normalized spacial score (nSPS) is 10.8. The Kier molecular flexibility index (Phi) is 3.13. The van der Waals surface area contributed by atoms with Crippen LogP contribution in [-0.4, -0.2) is 44.3 Å². The number of fused-ring (bicyclic) bond motifs is 1. The smallest absolute Gasteiger partial charge is 0.168 e. The highest BCUT2D eigenvalue weighted by molar-refractivity contribution is 6.03. The van der Waals surface area contributed by atoms with Crippen molar-refractivity contribution >= 4 is 17.0 Å². The van der Waals surface area contributed by atoms with Gasteiger partial charge in [0.05, 0.1) is 0 Å². The van der Waals surface area contributed by atoms with Crippen LogP contribution < -0.4 is 0 Å². The van der Waals surface area contributed by atoms with Gasteiger partial charge in [-0.05, 0) is 19.1 Å². The maximum atomic E-state index is 8.09. The lowest BCUT2D eigenvalue weighted by Gasteiger charge is -2.12. The van der Waals surface area contributed by atoms with Crippen molar-refractivity contribution < 1.29 is 0 Å². The van der Waals surface area contributed by atoms with Crippen molar-refractivity contribution in [1.29, 1.82) is 5.41 Å². The van der Waals surface area contributed by atoms with Crippen LogP contribution in [0.25, 0.3) is 16.9 Å². The summed E-state index contributed by atoms with van der Waals surface area (Å²) >= 11 is 0.